The van der Waals surface area contributed by atoms with Gasteiger partial charge in [0.25, 0.3) is 0 Å². The van der Waals surface area contributed by atoms with Gasteiger partial charge in [-0.1, -0.05) is 26.7 Å². The van der Waals surface area contributed by atoms with Crippen LogP contribution in [0.1, 0.15) is 37.8 Å². The van der Waals surface area contributed by atoms with Gasteiger partial charge in [0.15, 0.2) is 0 Å². The van der Waals surface area contributed by atoms with Gasteiger partial charge in [0.05, 0.1) is 18.0 Å². The number of fused-ring (bicyclic) bond motifs is 1. The Balaban J connectivity index is 0.000000203. The summed E-state index contributed by atoms with van der Waals surface area (Å²) < 4.78 is 0. The van der Waals surface area contributed by atoms with Crippen molar-refractivity contribution in [2.45, 2.75) is 40.0 Å². The second-order valence-corrected chi connectivity index (χ2v) is 4.89. The maximum Gasteiger partial charge on any atom is 0.0850 e. The van der Waals surface area contributed by atoms with E-state index in [2.05, 4.69) is 43.5 Å². The molecule has 0 aromatic heterocycles. The molecule has 1 aromatic rings. The van der Waals surface area contributed by atoms with E-state index in [9.17, 15) is 0 Å². The van der Waals surface area contributed by atoms with Gasteiger partial charge in [-0.25, -0.2) is 0 Å². The monoisotopic (exact) mass is 218 g/mol. The van der Waals surface area contributed by atoms with Crippen molar-refractivity contribution < 1.29 is 0 Å². The SMILES string of the molecule is CC1CC1.CCc1cc2c(cc1C)NCN2. The molecule has 88 valence electrons. The quantitative estimate of drug-likeness (QED) is 0.749. The van der Waals surface area contributed by atoms with E-state index in [4.69, 9.17) is 0 Å². The lowest BCUT2D eigenvalue weighted by Gasteiger charge is -2.06. The summed E-state index contributed by atoms with van der Waals surface area (Å²) in [6.45, 7) is 7.50. The summed E-state index contributed by atoms with van der Waals surface area (Å²) in [6, 6.07) is 4.46. The number of hydrogen-bond donors (Lipinski definition) is 2. The number of nitrogens with one attached hydrogen (secondary N) is 2. The van der Waals surface area contributed by atoms with E-state index in [1.807, 2.05) is 0 Å². The van der Waals surface area contributed by atoms with E-state index in [0.717, 1.165) is 19.0 Å². The maximum atomic E-state index is 3.29. The average Bonchev–Trinajstić information content (AvgIpc) is 2.93. The van der Waals surface area contributed by atoms with Crippen LogP contribution in [0.5, 0.6) is 0 Å². The Bertz CT molecular complexity index is 366. The van der Waals surface area contributed by atoms with Crippen molar-refractivity contribution in [3.05, 3.63) is 23.3 Å². The number of hydrogen-bond acceptors (Lipinski definition) is 2. The molecule has 0 amide bonds. The molecule has 2 nitrogen and oxygen atoms in total. The van der Waals surface area contributed by atoms with Crippen LogP contribution in [0.25, 0.3) is 0 Å². The summed E-state index contributed by atoms with van der Waals surface area (Å²) in [7, 11) is 0. The average molecular weight is 218 g/mol. The van der Waals surface area contributed by atoms with Crippen molar-refractivity contribution in [3.63, 3.8) is 0 Å². The van der Waals surface area contributed by atoms with Crippen LogP contribution in [0.2, 0.25) is 0 Å². The molecule has 1 aliphatic carbocycles. The Morgan fingerprint density at radius 2 is 1.75 bits per heavy atom. The largest absolute Gasteiger partial charge is 0.366 e. The van der Waals surface area contributed by atoms with Gasteiger partial charge >= 0.3 is 0 Å². The Kier molecular flexibility index (Phi) is 3.37. The van der Waals surface area contributed by atoms with Gasteiger partial charge in [-0.3, -0.25) is 0 Å². The number of anilines is 2. The molecule has 1 heterocycles. The van der Waals surface area contributed by atoms with Gasteiger partial charge in [0.2, 0.25) is 0 Å². The first kappa shape index (κ1) is 11.3. The van der Waals surface area contributed by atoms with Gasteiger partial charge < -0.3 is 10.6 Å². The lowest BCUT2D eigenvalue weighted by Crippen LogP contribution is -1.98. The second-order valence-electron chi connectivity index (χ2n) is 4.89. The van der Waals surface area contributed by atoms with Crippen LogP contribution in [-0.4, -0.2) is 6.67 Å². The first-order valence-electron chi connectivity index (χ1n) is 6.32. The molecule has 1 aliphatic heterocycles. The van der Waals surface area contributed by atoms with E-state index in [1.54, 1.807) is 0 Å². The summed E-state index contributed by atoms with van der Waals surface area (Å²) >= 11 is 0. The van der Waals surface area contributed by atoms with Crippen molar-refractivity contribution >= 4 is 11.4 Å². The summed E-state index contributed by atoms with van der Waals surface area (Å²) in [5.74, 6) is 1.08. The van der Waals surface area contributed by atoms with Crippen molar-refractivity contribution in [1.82, 2.24) is 0 Å². The van der Waals surface area contributed by atoms with Gasteiger partial charge in [0.1, 0.15) is 0 Å². The molecule has 0 unspecified atom stereocenters. The predicted octanol–water partition coefficient (Wildman–Crippen LogP) is 3.77. The van der Waals surface area contributed by atoms with E-state index < -0.39 is 0 Å². The van der Waals surface area contributed by atoms with Crippen molar-refractivity contribution in [3.8, 4) is 0 Å². The van der Waals surface area contributed by atoms with Crippen LogP contribution in [0.15, 0.2) is 12.1 Å². The summed E-state index contributed by atoms with van der Waals surface area (Å²) in [6.07, 6.45) is 4.08. The molecule has 0 radical (unpaired) electrons. The molecule has 0 atom stereocenters. The van der Waals surface area contributed by atoms with E-state index in [1.165, 1.54) is 35.3 Å². The van der Waals surface area contributed by atoms with Crippen LogP contribution in [0.3, 0.4) is 0 Å². The molecule has 0 bridgehead atoms. The second kappa shape index (κ2) is 4.77. The normalized spacial score (nSPS) is 16.7. The number of aryl methyl sites for hydroxylation is 2. The molecule has 16 heavy (non-hydrogen) atoms. The fourth-order valence-corrected chi connectivity index (χ4v) is 1.83. The van der Waals surface area contributed by atoms with E-state index in [-0.39, 0.29) is 0 Å². The molecule has 1 aromatic carbocycles. The minimum atomic E-state index is 0.863. The topological polar surface area (TPSA) is 24.1 Å². The van der Waals surface area contributed by atoms with Crippen LogP contribution in [0, 0.1) is 12.8 Å². The lowest BCUT2D eigenvalue weighted by atomic mass is 10.0. The molecule has 1 saturated carbocycles. The number of benzene rings is 1. The van der Waals surface area contributed by atoms with Crippen molar-refractivity contribution in [1.29, 1.82) is 0 Å². The third-order valence-corrected chi connectivity index (χ3v) is 3.28. The highest BCUT2D eigenvalue weighted by molar-refractivity contribution is 5.75. The van der Waals surface area contributed by atoms with Gasteiger partial charge in [-0.2, -0.15) is 0 Å². The zero-order valence-corrected chi connectivity index (χ0v) is 10.6. The van der Waals surface area contributed by atoms with Gasteiger partial charge in [-0.15, -0.1) is 0 Å². The molecule has 1 fully saturated rings. The smallest absolute Gasteiger partial charge is 0.0850 e. The van der Waals surface area contributed by atoms with Gasteiger partial charge in [-0.05, 0) is 42.5 Å². The Morgan fingerprint density at radius 3 is 2.25 bits per heavy atom. The van der Waals surface area contributed by atoms with Crippen molar-refractivity contribution in [2.75, 3.05) is 17.3 Å². The van der Waals surface area contributed by atoms with Crippen LogP contribution in [-0.2, 0) is 6.42 Å². The highest BCUT2D eigenvalue weighted by Crippen LogP contribution is 2.29. The molecular weight excluding hydrogens is 196 g/mol. The van der Waals surface area contributed by atoms with Crippen LogP contribution >= 0.6 is 0 Å². The minimum Gasteiger partial charge on any atom is -0.366 e. The Hall–Kier alpha value is -1.18. The first-order valence-corrected chi connectivity index (χ1v) is 6.32. The fraction of sp³-hybridized carbons (Fsp3) is 0.571. The van der Waals surface area contributed by atoms with Gasteiger partial charge in [0, 0.05) is 0 Å². The van der Waals surface area contributed by atoms with E-state index in [0.29, 0.717) is 0 Å². The Morgan fingerprint density at radius 1 is 1.19 bits per heavy atom. The molecule has 0 saturated heterocycles. The third-order valence-electron chi connectivity index (χ3n) is 3.28. The highest BCUT2D eigenvalue weighted by Gasteiger charge is 2.12. The standard InChI is InChI=1S/C10H14N2.C4H8/c1-3-8-5-10-9(4-7(8)2)11-6-12-10;1-4-2-3-4/h4-5,11-12H,3,6H2,1-2H3;4H,2-3H2,1H3. The maximum absolute atomic E-state index is 3.29. The van der Waals surface area contributed by atoms with E-state index >= 15 is 0 Å². The molecule has 2 N–H and O–H groups in total. The fourth-order valence-electron chi connectivity index (χ4n) is 1.83. The molecule has 2 heteroatoms. The molecule has 3 rings (SSSR count). The zero-order chi connectivity index (χ0) is 11.5. The lowest BCUT2D eigenvalue weighted by molar-refractivity contribution is 0.983. The number of rotatable bonds is 1. The molecule has 2 aliphatic rings. The first-order chi connectivity index (χ1) is 7.70. The minimum absolute atomic E-state index is 0.863. The summed E-state index contributed by atoms with van der Waals surface area (Å²) in [5.41, 5.74) is 5.31. The van der Waals surface area contributed by atoms with Crippen molar-refractivity contribution in [2.24, 2.45) is 5.92 Å². The summed E-state index contributed by atoms with van der Waals surface area (Å²) in [5, 5.41) is 6.57. The van der Waals surface area contributed by atoms with Crippen LogP contribution < -0.4 is 10.6 Å². The molecule has 0 spiro atoms. The molecular formula is C14H22N2. The predicted molar refractivity (Wildman–Crippen MR) is 71.1 cm³/mol. The van der Waals surface area contributed by atoms with Crippen LogP contribution in [0.4, 0.5) is 11.4 Å². The summed E-state index contributed by atoms with van der Waals surface area (Å²) in [4.78, 5) is 0. The highest BCUT2D eigenvalue weighted by atomic mass is 15.1. The Labute approximate surface area is 98.4 Å². The third kappa shape index (κ3) is 2.69. The zero-order valence-electron chi connectivity index (χ0n) is 10.6.